The van der Waals surface area contributed by atoms with Crippen LogP contribution in [0.2, 0.25) is 0 Å². The van der Waals surface area contributed by atoms with E-state index in [0.717, 1.165) is 21.7 Å². The summed E-state index contributed by atoms with van der Waals surface area (Å²) in [7, 11) is 0. The molecule has 0 spiro atoms. The number of alkyl halides is 1. The Labute approximate surface area is 139 Å². The van der Waals surface area contributed by atoms with Crippen LogP contribution in [0.4, 0.5) is 4.39 Å². The Bertz CT molecular complexity index is 796. The number of aromatic nitrogens is 2. The molecule has 0 fully saturated rings. The van der Waals surface area contributed by atoms with Gasteiger partial charge in [0.15, 0.2) is 0 Å². The largest absolute Gasteiger partial charge is 0.323 e. The smallest absolute Gasteiger partial charge is 0.128 e. The van der Waals surface area contributed by atoms with Gasteiger partial charge in [0.25, 0.3) is 0 Å². The highest BCUT2D eigenvalue weighted by Crippen LogP contribution is 2.26. The first-order valence-electron chi connectivity index (χ1n) is 6.54. The minimum Gasteiger partial charge on any atom is -0.323 e. The van der Waals surface area contributed by atoms with Gasteiger partial charge in [0.1, 0.15) is 11.6 Å². The molecule has 0 atom stereocenters. The van der Waals surface area contributed by atoms with Crippen LogP contribution in [0.5, 0.6) is 0 Å². The van der Waals surface area contributed by atoms with Gasteiger partial charge in [0.05, 0.1) is 21.4 Å². The Morgan fingerprint density at radius 2 is 2.19 bits per heavy atom. The van der Waals surface area contributed by atoms with Crippen LogP contribution in [0.3, 0.4) is 0 Å². The van der Waals surface area contributed by atoms with Gasteiger partial charge >= 0.3 is 0 Å². The zero-order valence-electron chi connectivity index (χ0n) is 11.4. The highest BCUT2D eigenvalue weighted by Gasteiger charge is 2.13. The molecule has 0 amide bonds. The number of hydrogen-bond donors (Lipinski definition) is 0. The van der Waals surface area contributed by atoms with E-state index in [2.05, 4.69) is 31.5 Å². The van der Waals surface area contributed by atoms with E-state index in [1.165, 1.54) is 10.9 Å². The molecule has 3 rings (SSSR count). The van der Waals surface area contributed by atoms with E-state index in [0.29, 0.717) is 23.4 Å². The summed E-state index contributed by atoms with van der Waals surface area (Å²) in [5, 5.41) is 0. The van der Waals surface area contributed by atoms with E-state index >= 15 is 0 Å². The number of benzene rings is 1. The third kappa shape index (κ3) is 3.00. The number of hydrogen-bond acceptors (Lipinski definition) is 2. The SMILES string of the molecule is Cc1cc2c(cc1F)nc(CCCl)n2Cc1ccc(Br)s1. The normalized spacial score (nSPS) is 11.4. The van der Waals surface area contributed by atoms with Crippen molar-refractivity contribution in [1.82, 2.24) is 9.55 Å². The monoisotopic (exact) mass is 386 g/mol. The maximum Gasteiger partial charge on any atom is 0.128 e. The Morgan fingerprint density at radius 1 is 1.38 bits per heavy atom. The Morgan fingerprint density at radius 3 is 2.86 bits per heavy atom. The molecule has 1 aromatic carbocycles. The molecule has 0 saturated carbocycles. The molecule has 0 aliphatic heterocycles. The van der Waals surface area contributed by atoms with Crippen molar-refractivity contribution in [2.75, 3.05) is 5.88 Å². The van der Waals surface area contributed by atoms with Gasteiger partial charge in [0, 0.05) is 23.2 Å². The van der Waals surface area contributed by atoms with Gasteiger partial charge in [-0.15, -0.1) is 22.9 Å². The van der Waals surface area contributed by atoms with E-state index in [4.69, 9.17) is 11.6 Å². The van der Waals surface area contributed by atoms with Crippen LogP contribution in [0.1, 0.15) is 16.3 Å². The predicted octanol–water partition coefficient (Wildman–Crippen LogP) is 5.14. The molecule has 0 saturated heterocycles. The Balaban J connectivity index is 2.12. The first-order valence-corrected chi connectivity index (χ1v) is 8.68. The minimum atomic E-state index is -0.219. The van der Waals surface area contributed by atoms with E-state index in [9.17, 15) is 4.39 Å². The lowest BCUT2D eigenvalue weighted by molar-refractivity contribution is 0.620. The molecule has 3 aromatic rings. The molecule has 0 radical (unpaired) electrons. The molecule has 0 bridgehead atoms. The third-order valence-corrected chi connectivity index (χ3v) is 5.17. The number of fused-ring (bicyclic) bond motifs is 1. The number of imidazole rings is 1. The van der Waals surface area contributed by atoms with Gasteiger partial charge in [-0.1, -0.05) is 0 Å². The molecule has 2 aromatic heterocycles. The molecule has 21 heavy (non-hydrogen) atoms. The number of aryl methyl sites for hydroxylation is 2. The summed E-state index contributed by atoms with van der Waals surface area (Å²) in [6.45, 7) is 2.50. The molecule has 0 N–H and O–H groups in total. The quantitative estimate of drug-likeness (QED) is 0.567. The van der Waals surface area contributed by atoms with Crippen molar-refractivity contribution in [2.45, 2.75) is 19.9 Å². The highest BCUT2D eigenvalue weighted by molar-refractivity contribution is 9.11. The van der Waals surface area contributed by atoms with Gasteiger partial charge in [-0.25, -0.2) is 9.37 Å². The molecular formula is C15H13BrClFN2S. The zero-order valence-corrected chi connectivity index (χ0v) is 14.5. The average Bonchev–Trinajstić information content (AvgIpc) is 2.97. The van der Waals surface area contributed by atoms with E-state index < -0.39 is 0 Å². The van der Waals surface area contributed by atoms with Gasteiger partial charge in [-0.2, -0.15) is 0 Å². The number of rotatable bonds is 4. The van der Waals surface area contributed by atoms with Crippen molar-refractivity contribution in [3.05, 3.63) is 50.1 Å². The van der Waals surface area contributed by atoms with Gasteiger partial charge in [-0.3, -0.25) is 0 Å². The lowest BCUT2D eigenvalue weighted by Crippen LogP contribution is -2.05. The first-order chi connectivity index (χ1) is 10.1. The van der Waals surface area contributed by atoms with E-state index in [1.54, 1.807) is 18.3 Å². The summed E-state index contributed by atoms with van der Waals surface area (Å²) in [6, 6.07) is 7.48. The predicted molar refractivity (Wildman–Crippen MR) is 90.0 cm³/mol. The van der Waals surface area contributed by atoms with Crippen LogP contribution in [0, 0.1) is 12.7 Å². The fraction of sp³-hybridized carbons (Fsp3) is 0.267. The molecule has 0 unspecified atom stereocenters. The second kappa shape index (κ2) is 6.07. The zero-order chi connectivity index (χ0) is 15.0. The summed E-state index contributed by atoms with van der Waals surface area (Å²) in [4.78, 5) is 5.76. The molecular weight excluding hydrogens is 375 g/mol. The summed E-state index contributed by atoms with van der Waals surface area (Å²) in [6.07, 6.45) is 0.670. The maximum absolute atomic E-state index is 13.7. The maximum atomic E-state index is 13.7. The summed E-state index contributed by atoms with van der Waals surface area (Å²) in [5.74, 6) is 1.18. The van der Waals surface area contributed by atoms with Crippen LogP contribution in [-0.4, -0.2) is 15.4 Å². The van der Waals surface area contributed by atoms with Crippen LogP contribution in [0.25, 0.3) is 11.0 Å². The molecule has 110 valence electrons. The van der Waals surface area contributed by atoms with Gasteiger partial charge in [-0.05, 0) is 46.6 Å². The average molecular weight is 388 g/mol. The number of nitrogens with zero attached hydrogens (tertiary/aromatic N) is 2. The molecule has 0 aliphatic carbocycles. The standard InChI is InChI=1S/C15H13BrClFN2S/c1-9-6-13-12(7-11(9)18)19-15(4-5-17)20(13)8-10-2-3-14(16)21-10/h2-3,6-7H,4-5,8H2,1H3. The van der Waals surface area contributed by atoms with Crippen molar-refractivity contribution in [3.8, 4) is 0 Å². The van der Waals surface area contributed by atoms with E-state index in [-0.39, 0.29) is 5.82 Å². The molecule has 2 nitrogen and oxygen atoms in total. The summed E-state index contributed by atoms with van der Waals surface area (Å²) >= 11 is 11.0. The van der Waals surface area contributed by atoms with Crippen molar-refractivity contribution in [1.29, 1.82) is 0 Å². The lowest BCUT2D eigenvalue weighted by Gasteiger charge is -2.07. The van der Waals surface area contributed by atoms with Crippen molar-refractivity contribution < 1.29 is 4.39 Å². The van der Waals surface area contributed by atoms with Crippen LogP contribution in [0.15, 0.2) is 28.1 Å². The van der Waals surface area contributed by atoms with E-state index in [1.807, 2.05) is 12.1 Å². The highest BCUT2D eigenvalue weighted by atomic mass is 79.9. The second-order valence-electron chi connectivity index (χ2n) is 4.85. The summed E-state index contributed by atoms with van der Waals surface area (Å²) in [5.41, 5.74) is 2.28. The lowest BCUT2D eigenvalue weighted by atomic mass is 10.2. The minimum absolute atomic E-state index is 0.219. The fourth-order valence-corrected chi connectivity index (χ4v) is 3.99. The molecule has 0 aliphatic rings. The number of halogens is 3. The van der Waals surface area contributed by atoms with Crippen LogP contribution in [-0.2, 0) is 13.0 Å². The topological polar surface area (TPSA) is 17.8 Å². The Kier molecular flexibility index (Phi) is 4.33. The second-order valence-corrected chi connectivity index (χ2v) is 7.77. The molecule has 2 heterocycles. The van der Waals surface area contributed by atoms with Crippen molar-refractivity contribution in [2.24, 2.45) is 0 Å². The number of thiophene rings is 1. The van der Waals surface area contributed by atoms with Crippen LogP contribution >= 0.6 is 38.9 Å². The molecule has 6 heteroatoms. The summed E-state index contributed by atoms with van der Waals surface area (Å²) < 4.78 is 17.0. The Hall–Kier alpha value is -0.910. The fourth-order valence-electron chi connectivity index (χ4n) is 2.34. The van der Waals surface area contributed by atoms with Crippen LogP contribution < -0.4 is 0 Å². The third-order valence-electron chi connectivity index (χ3n) is 3.37. The van der Waals surface area contributed by atoms with Gasteiger partial charge in [0.2, 0.25) is 0 Å². The first kappa shape index (κ1) is 15.0. The van der Waals surface area contributed by atoms with Gasteiger partial charge < -0.3 is 4.57 Å². The van der Waals surface area contributed by atoms with Crippen molar-refractivity contribution >= 4 is 49.9 Å². The van der Waals surface area contributed by atoms with Crippen molar-refractivity contribution in [3.63, 3.8) is 0 Å².